The van der Waals surface area contributed by atoms with E-state index in [1.54, 1.807) is 0 Å². The average Bonchev–Trinajstić information content (AvgIpc) is 3.16. The standard InChI is InChI=1S/C12Br10O/c13-2-1(3(14)5(16)6(17)4(2)15)11-9(20)7(18)8(19)10(21)12(11,22)23-11. The molecule has 0 radical (unpaired) electrons. The molecule has 0 bridgehead atoms. The molecule has 2 aliphatic rings. The molecule has 1 aromatic carbocycles. The number of allylic oxidation sites excluding steroid dienone is 2. The minimum atomic E-state index is -0.731. The Morgan fingerprint density at radius 3 is 1.43 bits per heavy atom. The van der Waals surface area contributed by atoms with Gasteiger partial charge in [0.25, 0.3) is 0 Å². The second-order valence-electron chi connectivity index (χ2n) is 4.58. The highest BCUT2D eigenvalue weighted by molar-refractivity contribution is 9.18. The smallest absolute Gasteiger partial charge is 0.195 e. The van der Waals surface area contributed by atoms with Gasteiger partial charge in [-0.25, -0.2) is 0 Å². The third-order valence-corrected chi connectivity index (χ3v) is 16.3. The van der Waals surface area contributed by atoms with E-state index in [0.29, 0.717) is 0 Å². The van der Waals surface area contributed by atoms with Crippen LogP contribution in [0.2, 0.25) is 0 Å². The molecule has 1 nitrogen and oxygen atoms in total. The number of epoxide rings is 1. The second-order valence-corrected chi connectivity index (χ2v) is 12.8. The number of halogens is 10. The van der Waals surface area contributed by atoms with Crippen LogP contribution >= 0.6 is 159 Å². The zero-order valence-corrected chi connectivity index (χ0v) is 26.0. The molecule has 0 spiro atoms. The van der Waals surface area contributed by atoms with Crippen LogP contribution in [0.1, 0.15) is 5.56 Å². The Hall–Kier alpha value is 3.46. The molecule has 0 saturated carbocycles. The monoisotopic (exact) mass is 949 g/mol. The third kappa shape index (κ3) is 2.82. The number of benzene rings is 1. The van der Waals surface area contributed by atoms with Crippen LogP contribution in [0.15, 0.2) is 40.3 Å². The minimum Gasteiger partial charge on any atom is -0.334 e. The van der Waals surface area contributed by atoms with Crippen LogP contribution in [0.4, 0.5) is 0 Å². The van der Waals surface area contributed by atoms with E-state index in [-0.39, 0.29) is 0 Å². The van der Waals surface area contributed by atoms with Crippen LogP contribution in [-0.4, -0.2) is 4.51 Å². The van der Waals surface area contributed by atoms with E-state index >= 15 is 0 Å². The van der Waals surface area contributed by atoms with Gasteiger partial charge in [-0.15, -0.1) is 0 Å². The summed E-state index contributed by atoms with van der Waals surface area (Å²) in [6.45, 7) is 0. The lowest BCUT2D eigenvalue weighted by atomic mass is 9.92. The zero-order valence-electron chi connectivity index (χ0n) is 10.2. The first-order valence-electron chi connectivity index (χ1n) is 5.55. The van der Waals surface area contributed by atoms with E-state index in [4.69, 9.17) is 4.74 Å². The van der Waals surface area contributed by atoms with Crippen LogP contribution < -0.4 is 0 Å². The lowest BCUT2D eigenvalue weighted by molar-refractivity contribution is 0.336. The Bertz CT molecular complexity index is 799. The number of alkyl halides is 1. The molecule has 0 amide bonds. The molecule has 11 heteroatoms. The molecule has 1 fully saturated rings. The molecule has 1 heterocycles. The maximum atomic E-state index is 6.25. The normalized spacial score (nSPS) is 30.0. The van der Waals surface area contributed by atoms with E-state index in [1.807, 2.05) is 0 Å². The van der Waals surface area contributed by atoms with Gasteiger partial charge in [0.1, 0.15) is 0 Å². The highest BCUT2D eigenvalue weighted by Gasteiger charge is 2.77. The summed E-state index contributed by atoms with van der Waals surface area (Å²) in [6, 6.07) is 0. The Kier molecular flexibility index (Phi) is 6.50. The van der Waals surface area contributed by atoms with E-state index in [9.17, 15) is 0 Å². The Morgan fingerprint density at radius 2 is 0.957 bits per heavy atom. The summed E-state index contributed by atoms with van der Waals surface area (Å²) < 4.78 is 13.5. The number of ether oxygens (including phenoxy) is 1. The van der Waals surface area contributed by atoms with E-state index in [1.165, 1.54) is 0 Å². The summed E-state index contributed by atoms with van der Waals surface area (Å²) in [5.74, 6) is 0. The van der Waals surface area contributed by atoms with Gasteiger partial charge in [0.15, 0.2) is 10.1 Å². The fraction of sp³-hybridized carbons (Fsp3) is 0.167. The first-order valence-corrected chi connectivity index (χ1v) is 13.5. The molecule has 2 atom stereocenters. The van der Waals surface area contributed by atoms with Gasteiger partial charge in [0, 0.05) is 36.9 Å². The summed E-state index contributed by atoms with van der Waals surface area (Å²) in [5.41, 5.74) is 0.211. The molecular weight excluding hydrogens is 959 g/mol. The Morgan fingerprint density at radius 1 is 0.565 bits per heavy atom. The van der Waals surface area contributed by atoms with Gasteiger partial charge in [-0.05, 0) is 127 Å². The summed E-state index contributed by atoms with van der Waals surface area (Å²) in [7, 11) is 0. The van der Waals surface area contributed by atoms with Crippen LogP contribution in [0, 0.1) is 0 Å². The average molecular weight is 959 g/mol. The molecule has 2 unspecified atom stereocenters. The predicted octanol–water partition coefficient (Wildman–Crippen LogP) is 9.83. The van der Waals surface area contributed by atoms with Gasteiger partial charge < -0.3 is 4.74 Å². The first-order chi connectivity index (χ1) is 10.5. The largest absolute Gasteiger partial charge is 0.334 e. The number of rotatable bonds is 1. The van der Waals surface area contributed by atoms with Gasteiger partial charge in [0.05, 0.1) is 8.96 Å². The number of hydrogen-bond acceptors (Lipinski definition) is 1. The third-order valence-electron chi connectivity index (χ3n) is 3.44. The van der Waals surface area contributed by atoms with Crippen molar-refractivity contribution in [2.45, 2.75) is 10.1 Å². The summed E-state index contributed by atoms with van der Waals surface area (Å²) in [4.78, 5) is 0. The molecule has 23 heavy (non-hydrogen) atoms. The highest BCUT2D eigenvalue weighted by atomic mass is 79.9. The molecule has 3 rings (SSSR count). The van der Waals surface area contributed by atoms with Crippen molar-refractivity contribution < 1.29 is 4.74 Å². The van der Waals surface area contributed by atoms with Crippen molar-refractivity contribution in [3.05, 3.63) is 45.9 Å². The summed E-state index contributed by atoms with van der Waals surface area (Å²) in [5, 5.41) is 0. The molecule has 1 saturated heterocycles. The molecule has 124 valence electrons. The van der Waals surface area contributed by atoms with Crippen molar-refractivity contribution >= 4 is 159 Å². The molecule has 1 aromatic rings. The zero-order chi connectivity index (χ0) is 17.5. The number of hydrogen-bond donors (Lipinski definition) is 0. The highest BCUT2D eigenvalue weighted by Crippen LogP contribution is 2.76. The van der Waals surface area contributed by atoms with Crippen LogP contribution in [0.25, 0.3) is 0 Å². The van der Waals surface area contributed by atoms with Gasteiger partial charge in [0.2, 0.25) is 0 Å². The van der Waals surface area contributed by atoms with Crippen molar-refractivity contribution in [2.75, 3.05) is 0 Å². The molecule has 1 aliphatic heterocycles. The lowest BCUT2D eigenvalue weighted by Crippen LogP contribution is -2.25. The van der Waals surface area contributed by atoms with Crippen molar-refractivity contribution in [2.24, 2.45) is 0 Å². The molecular formula is C12Br10O. The number of fused-ring (bicyclic) bond motifs is 1. The maximum Gasteiger partial charge on any atom is 0.195 e. The van der Waals surface area contributed by atoms with Crippen molar-refractivity contribution in [1.82, 2.24) is 0 Å². The summed E-state index contributed by atoms with van der Waals surface area (Å²) >= 11 is 36.4. The first kappa shape index (κ1) is 21.2. The quantitative estimate of drug-likeness (QED) is 0.118. The van der Waals surface area contributed by atoms with Gasteiger partial charge >= 0.3 is 0 Å². The fourth-order valence-corrected chi connectivity index (χ4v) is 10.1. The van der Waals surface area contributed by atoms with Crippen molar-refractivity contribution in [1.29, 1.82) is 0 Å². The molecule has 0 aromatic heterocycles. The predicted molar refractivity (Wildman–Crippen MR) is 129 cm³/mol. The molecule has 1 aliphatic carbocycles. The van der Waals surface area contributed by atoms with Gasteiger partial charge in [-0.1, -0.05) is 31.9 Å². The van der Waals surface area contributed by atoms with Crippen LogP contribution in [0.3, 0.4) is 0 Å². The lowest BCUT2D eigenvalue weighted by Gasteiger charge is -2.26. The molecule has 0 N–H and O–H groups in total. The Balaban J connectivity index is 2.39. The van der Waals surface area contributed by atoms with E-state index < -0.39 is 10.1 Å². The van der Waals surface area contributed by atoms with E-state index in [2.05, 4.69) is 159 Å². The van der Waals surface area contributed by atoms with Crippen molar-refractivity contribution in [3.63, 3.8) is 0 Å². The maximum absolute atomic E-state index is 6.25. The summed E-state index contributed by atoms with van der Waals surface area (Å²) in [6.07, 6.45) is 0. The second kappa shape index (κ2) is 7.06. The van der Waals surface area contributed by atoms with E-state index in [0.717, 1.165) is 45.9 Å². The van der Waals surface area contributed by atoms with Gasteiger partial charge in [-0.3, -0.25) is 0 Å². The van der Waals surface area contributed by atoms with Crippen LogP contribution in [-0.2, 0) is 10.3 Å². The minimum absolute atomic E-state index is 0.702. The Labute approximate surface area is 216 Å². The topological polar surface area (TPSA) is 12.5 Å². The SMILES string of the molecule is BrC1=C(Br)C2(Br)OC2(c2c(Br)c(Br)c(Br)c(Br)c2Br)C(Br)=C1Br. The van der Waals surface area contributed by atoms with Gasteiger partial charge in [-0.2, -0.15) is 0 Å². The fourth-order valence-electron chi connectivity index (χ4n) is 2.29. The van der Waals surface area contributed by atoms with Crippen LogP contribution in [0.5, 0.6) is 0 Å². The van der Waals surface area contributed by atoms with Crippen molar-refractivity contribution in [3.8, 4) is 0 Å².